The number of nitrogens with zero attached hydrogens (tertiary/aromatic N) is 1. The van der Waals surface area contributed by atoms with Gasteiger partial charge in [-0.05, 0) is 56.0 Å². The van der Waals surface area contributed by atoms with E-state index in [1.165, 1.54) is 6.07 Å². The highest BCUT2D eigenvalue weighted by atomic mass is 19.4. The maximum Gasteiger partial charge on any atom is 0.419 e. The number of piperidine rings is 1. The van der Waals surface area contributed by atoms with E-state index in [-0.39, 0.29) is 0 Å². The average molecular weight is 304 g/mol. The van der Waals surface area contributed by atoms with Crippen LogP contribution in [0.1, 0.15) is 30.4 Å². The third kappa shape index (κ3) is 4.41. The van der Waals surface area contributed by atoms with E-state index in [1.807, 2.05) is 0 Å². The first-order valence-corrected chi connectivity index (χ1v) is 7.18. The number of benzene rings is 1. The summed E-state index contributed by atoms with van der Waals surface area (Å²) in [6.07, 6.45) is -1.57. The average Bonchev–Trinajstić information content (AvgIpc) is 2.40. The number of alkyl halides is 3. The number of halogens is 4. The second-order valence-corrected chi connectivity index (χ2v) is 5.63. The lowest BCUT2D eigenvalue weighted by molar-refractivity contribution is -0.140. The molecule has 21 heavy (non-hydrogen) atoms. The van der Waals surface area contributed by atoms with Gasteiger partial charge in [0.2, 0.25) is 0 Å². The summed E-state index contributed by atoms with van der Waals surface area (Å²) in [6, 6.07) is 3.25. The molecule has 1 aliphatic heterocycles. The summed E-state index contributed by atoms with van der Waals surface area (Å²) < 4.78 is 51.4. The van der Waals surface area contributed by atoms with Crippen molar-refractivity contribution in [2.75, 3.05) is 19.6 Å². The number of nitrogens with two attached hydrogens (primary N) is 1. The summed E-state index contributed by atoms with van der Waals surface area (Å²) in [7, 11) is 0. The summed E-state index contributed by atoms with van der Waals surface area (Å²) in [5.74, 6) is -0.711. The summed E-state index contributed by atoms with van der Waals surface area (Å²) >= 11 is 0. The second-order valence-electron chi connectivity index (χ2n) is 5.63. The molecule has 1 fully saturated rings. The molecular weight excluding hydrogens is 284 g/mol. The van der Waals surface area contributed by atoms with E-state index in [4.69, 9.17) is 5.73 Å². The zero-order valence-electron chi connectivity index (χ0n) is 11.8. The van der Waals surface area contributed by atoms with Crippen LogP contribution in [0.3, 0.4) is 0 Å². The molecule has 1 atom stereocenters. The lowest BCUT2D eigenvalue weighted by atomic mass is 9.94. The van der Waals surface area contributed by atoms with E-state index in [1.54, 1.807) is 0 Å². The topological polar surface area (TPSA) is 29.3 Å². The van der Waals surface area contributed by atoms with Gasteiger partial charge in [0.1, 0.15) is 5.82 Å². The Kier molecular flexibility index (Phi) is 5.22. The minimum Gasteiger partial charge on any atom is -0.330 e. The number of rotatable bonds is 4. The first kappa shape index (κ1) is 16.2. The van der Waals surface area contributed by atoms with E-state index in [9.17, 15) is 17.6 Å². The Labute approximate surface area is 121 Å². The van der Waals surface area contributed by atoms with Gasteiger partial charge in [-0.1, -0.05) is 6.07 Å². The molecule has 1 heterocycles. The molecule has 0 aliphatic carbocycles. The fraction of sp³-hybridized carbons (Fsp3) is 0.600. The molecule has 0 bridgehead atoms. The van der Waals surface area contributed by atoms with E-state index >= 15 is 0 Å². The van der Waals surface area contributed by atoms with Gasteiger partial charge in [0.15, 0.2) is 0 Å². The molecule has 6 heteroatoms. The predicted molar refractivity (Wildman–Crippen MR) is 73.1 cm³/mol. The molecule has 1 aromatic rings. The van der Waals surface area contributed by atoms with Crippen molar-refractivity contribution in [1.82, 2.24) is 4.90 Å². The van der Waals surface area contributed by atoms with Gasteiger partial charge >= 0.3 is 6.18 Å². The maximum absolute atomic E-state index is 13.3. The van der Waals surface area contributed by atoms with Crippen LogP contribution in [0, 0.1) is 11.7 Å². The molecule has 0 amide bonds. The van der Waals surface area contributed by atoms with Crippen molar-refractivity contribution in [3.63, 3.8) is 0 Å². The molecule has 1 saturated heterocycles. The van der Waals surface area contributed by atoms with Crippen molar-refractivity contribution < 1.29 is 17.6 Å². The van der Waals surface area contributed by atoms with E-state index in [2.05, 4.69) is 4.90 Å². The Bertz CT molecular complexity index is 471. The van der Waals surface area contributed by atoms with E-state index < -0.39 is 17.6 Å². The van der Waals surface area contributed by atoms with Crippen molar-refractivity contribution >= 4 is 0 Å². The van der Waals surface area contributed by atoms with Crippen LogP contribution in [-0.2, 0) is 12.7 Å². The van der Waals surface area contributed by atoms with Gasteiger partial charge in [0.25, 0.3) is 0 Å². The number of likely N-dealkylation sites (tertiary alicyclic amines) is 1. The van der Waals surface area contributed by atoms with Gasteiger partial charge in [-0.3, -0.25) is 4.90 Å². The highest BCUT2D eigenvalue weighted by Crippen LogP contribution is 2.32. The van der Waals surface area contributed by atoms with Crippen LogP contribution >= 0.6 is 0 Å². The Morgan fingerprint density at radius 1 is 1.29 bits per heavy atom. The summed E-state index contributed by atoms with van der Waals surface area (Å²) in [5.41, 5.74) is 4.87. The van der Waals surface area contributed by atoms with Crippen molar-refractivity contribution in [3.05, 3.63) is 35.1 Å². The highest BCUT2D eigenvalue weighted by molar-refractivity contribution is 5.27. The molecule has 0 unspecified atom stereocenters. The Hall–Kier alpha value is -1.14. The molecule has 0 saturated carbocycles. The summed E-state index contributed by atoms with van der Waals surface area (Å²) in [4.78, 5) is 2.12. The molecule has 2 rings (SSSR count). The van der Waals surface area contributed by atoms with Gasteiger partial charge in [-0.15, -0.1) is 0 Å². The summed E-state index contributed by atoms with van der Waals surface area (Å²) in [5, 5.41) is 0. The van der Waals surface area contributed by atoms with Gasteiger partial charge in [-0.2, -0.15) is 13.2 Å². The van der Waals surface area contributed by atoms with E-state index in [0.29, 0.717) is 24.6 Å². The largest absolute Gasteiger partial charge is 0.419 e. The van der Waals surface area contributed by atoms with Gasteiger partial charge in [0.05, 0.1) is 5.56 Å². The lowest BCUT2D eigenvalue weighted by Crippen LogP contribution is -2.35. The zero-order chi connectivity index (χ0) is 15.5. The smallest absolute Gasteiger partial charge is 0.330 e. The molecule has 0 spiro atoms. The van der Waals surface area contributed by atoms with E-state index in [0.717, 1.165) is 44.5 Å². The van der Waals surface area contributed by atoms with Crippen molar-refractivity contribution in [3.8, 4) is 0 Å². The van der Waals surface area contributed by atoms with Crippen LogP contribution in [0.5, 0.6) is 0 Å². The van der Waals surface area contributed by atoms with Crippen molar-refractivity contribution in [2.45, 2.75) is 32.0 Å². The van der Waals surface area contributed by atoms with Gasteiger partial charge in [-0.25, -0.2) is 4.39 Å². The Balaban J connectivity index is 2.06. The molecule has 0 radical (unpaired) electrons. The third-order valence-electron chi connectivity index (χ3n) is 3.92. The minimum absolute atomic E-state index is 0.421. The fourth-order valence-corrected chi connectivity index (χ4v) is 2.91. The van der Waals surface area contributed by atoms with Gasteiger partial charge < -0.3 is 5.73 Å². The standard InChI is InChI=1S/C15H20F4N2/c16-14-4-3-12(8-13(14)15(17,18)19)10-21-7-1-2-11(9-21)5-6-20/h3-4,8,11H,1-2,5-7,9-10,20H2/t11-/m1/s1. The van der Waals surface area contributed by atoms with Crippen LogP contribution in [0.15, 0.2) is 18.2 Å². The second kappa shape index (κ2) is 6.75. The third-order valence-corrected chi connectivity index (χ3v) is 3.92. The van der Waals surface area contributed by atoms with Crippen LogP contribution in [0.4, 0.5) is 17.6 Å². The molecule has 1 aromatic carbocycles. The van der Waals surface area contributed by atoms with Crippen molar-refractivity contribution in [1.29, 1.82) is 0 Å². The zero-order valence-corrected chi connectivity index (χ0v) is 11.8. The highest BCUT2D eigenvalue weighted by Gasteiger charge is 2.34. The summed E-state index contributed by atoms with van der Waals surface area (Å²) in [6.45, 7) is 2.76. The van der Waals surface area contributed by atoms with Crippen LogP contribution in [0.2, 0.25) is 0 Å². The lowest BCUT2D eigenvalue weighted by Gasteiger charge is -2.32. The van der Waals surface area contributed by atoms with Crippen LogP contribution in [0.25, 0.3) is 0 Å². The molecule has 118 valence electrons. The molecule has 0 aromatic heterocycles. The van der Waals surface area contributed by atoms with Crippen LogP contribution in [-0.4, -0.2) is 24.5 Å². The molecular formula is C15H20F4N2. The molecule has 2 nitrogen and oxygen atoms in total. The maximum atomic E-state index is 13.3. The Morgan fingerprint density at radius 2 is 2.05 bits per heavy atom. The monoisotopic (exact) mass is 304 g/mol. The fourth-order valence-electron chi connectivity index (χ4n) is 2.91. The normalized spacial score (nSPS) is 20.7. The number of hydrogen-bond acceptors (Lipinski definition) is 2. The quantitative estimate of drug-likeness (QED) is 0.864. The molecule has 2 N–H and O–H groups in total. The van der Waals surface area contributed by atoms with Crippen molar-refractivity contribution in [2.24, 2.45) is 11.7 Å². The SMILES string of the molecule is NCC[C@H]1CCCN(Cc2ccc(F)c(C(F)(F)F)c2)C1. The minimum atomic E-state index is -4.65. The predicted octanol–water partition coefficient (Wildman–Crippen LogP) is 3.41. The number of hydrogen-bond donors (Lipinski definition) is 1. The van der Waals surface area contributed by atoms with Crippen LogP contribution < -0.4 is 5.73 Å². The Morgan fingerprint density at radius 3 is 2.71 bits per heavy atom. The first-order valence-electron chi connectivity index (χ1n) is 7.18. The molecule has 1 aliphatic rings. The van der Waals surface area contributed by atoms with Gasteiger partial charge in [0, 0.05) is 13.1 Å². The first-order chi connectivity index (χ1) is 9.90.